The second-order valence-electron chi connectivity index (χ2n) is 4.40. The Morgan fingerprint density at radius 3 is 2.50 bits per heavy atom. The van der Waals surface area contributed by atoms with E-state index in [1.54, 1.807) is 24.3 Å². The Morgan fingerprint density at radius 1 is 1.32 bits per heavy atom. The van der Waals surface area contributed by atoms with Crippen LogP contribution in [0.15, 0.2) is 30.3 Å². The molecule has 0 fully saturated rings. The number of rotatable bonds is 8. The number of thioether (sulfide) groups is 1. The van der Waals surface area contributed by atoms with E-state index in [4.69, 9.17) is 10.8 Å². The highest BCUT2D eigenvalue weighted by Crippen LogP contribution is 2.19. The zero-order valence-electron chi connectivity index (χ0n) is 12.0. The molecule has 1 aromatic carbocycles. The monoisotopic (exact) mass is 326 g/mol. The standard InChI is InChI=1S/C14H18N2O5S/c1-21-12(17)7-11(22-8-10(15)14(19)20)13(18)16-9-5-3-2-4-6-9/h2-6,10-11H,7-8,15H2,1H3,(H,16,18)(H,19,20)/t10-,11?/m0/s1. The van der Waals surface area contributed by atoms with Gasteiger partial charge in [-0.25, -0.2) is 0 Å². The second-order valence-corrected chi connectivity index (χ2v) is 5.64. The van der Waals surface area contributed by atoms with Gasteiger partial charge in [0.2, 0.25) is 5.91 Å². The molecule has 0 spiro atoms. The molecule has 1 aromatic rings. The third kappa shape index (κ3) is 6.15. The summed E-state index contributed by atoms with van der Waals surface area (Å²) in [7, 11) is 1.22. The summed E-state index contributed by atoms with van der Waals surface area (Å²) in [4.78, 5) is 34.3. The zero-order chi connectivity index (χ0) is 16.5. The highest BCUT2D eigenvalue weighted by molar-refractivity contribution is 8.00. The summed E-state index contributed by atoms with van der Waals surface area (Å²) in [6, 6.07) is 7.65. The van der Waals surface area contributed by atoms with Crippen molar-refractivity contribution in [3.05, 3.63) is 30.3 Å². The minimum absolute atomic E-state index is 0.0131. The number of carboxylic acid groups (broad SMARTS) is 1. The molecule has 0 aliphatic carbocycles. The number of esters is 1. The van der Waals surface area contributed by atoms with Crippen LogP contribution in [0, 0.1) is 0 Å². The predicted octanol–water partition coefficient (Wildman–Crippen LogP) is 0.702. The number of nitrogens with two attached hydrogens (primary N) is 1. The summed E-state index contributed by atoms with van der Waals surface area (Å²) in [5, 5.41) is 10.7. The molecule has 4 N–H and O–H groups in total. The van der Waals surface area contributed by atoms with Gasteiger partial charge in [-0.3, -0.25) is 14.4 Å². The van der Waals surface area contributed by atoms with Crippen molar-refractivity contribution in [2.75, 3.05) is 18.2 Å². The molecular weight excluding hydrogens is 308 g/mol. The molecule has 0 heterocycles. The smallest absolute Gasteiger partial charge is 0.321 e. The highest BCUT2D eigenvalue weighted by Gasteiger charge is 2.25. The first kappa shape index (κ1) is 18.0. The number of amides is 1. The Bertz CT molecular complexity index is 523. The molecule has 2 atom stereocenters. The van der Waals surface area contributed by atoms with Crippen LogP contribution in [0.1, 0.15) is 6.42 Å². The van der Waals surface area contributed by atoms with Gasteiger partial charge in [0, 0.05) is 11.4 Å². The zero-order valence-corrected chi connectivity index (χ0v) is 12.8. The number of hydrogen-bond donors (Lipinski definition) is 3. The van der Waals surface area contributed by atoms with Gasteiger partial charge in [-0.1, -0.05) is 18.2 Å². The van der Waals surface area contributed by atoms with Gasteiger partial charge < -0.3 is 20.9 Å². The Balaban J connectivity index is 2.69. The van der Waals surface area contributed by atoms with E-state index in [1.807, 2.05) is 6.07 Å². The van der Waals surface area contributed by atoms with Crippen molar-refractivity contribution in [2.24, 2.45) is 5.73 Å². The minimum Gasteiger partial charge on any atom is -0.480 e. The van der Waals surface area contributed by atoms with Crippen LogP contribution < -0.4 is 11.1 Å². The molecule has 22 heavy (non-hydrogen) atoms. The Hall–Kier alpha value is -2.06. The lowest BCUT2D eigenvalue weighted by Crippen LogP contribution is -2.35. The summed E-state index contributed by atoms with van der Waals surface area (Å²) >= 11 is 1.01. The van der Waals surface area contributed by atoms with Crippen LogP contribution in [-0.2, 0) is 19.1 Å². The average Bonchev–Trinajstić information content (AvgIpc) is 2.51. The predicted molar refractivity (Wildman–Crippen MR) is 83.6 cm³/mol. The number of ether oxygens (including phenoxy) is 1. The fourth-order valence-electron chi connectivity index (χ4n) is 1.50. The maximum Gasteiger partial charge on any atom is 0.321 e. The minimum atomic E-state index is -1.16. The van der Waals surface area contributed by atoms with Crippen LogP contribution in [0.4, 0.5) is 5.69 Å². The molecule has 0 bridgehead atoms. The number of carbonyl (C=O) groups is 3. The van der Waals surface area contributed by atoms with E-state index < -0.39 is 29.1 Å². The third-order valence-electron chi connectivity index (χ3n) is 2.71. The van der Waals surface area contributed by atoms with E-state index in [9.17, 15) is 14.4 Å². The number of methoxy groups -OCH3 is 1. The molecule has 0 saturated heterocycles. The number of carbonyl (C=O) groups excluding carboxylic acids is 2. The van der Waals surface area contributed by atoms with E-state index in [-0.39, 0.29) is 12.2 Å². The summed E-state index contributed by atoms with van der Waals surface area (Å²) < 4.78 is 4.56. The molecule has 8 heteroatoms. The van der Waals surface area contributed by atoms with Crippen molar-refractivity contribution in [1.82, 2.24) is 0 Å². The molecule has 0 aliphatic rings. The largest absolute Gasteiger partial charge is 0.480 e. The van der Waals surface area contributed by atoms with E-state index >= 15 is 0 Å². The first-order valence-corrected chi connectivity index (χ1v) is 7.51. The lowest BCUT2D eigenvalue weighted by molar-refractivity contribution is -0.141. The van der Waals surface area contributed by atoms with Gasteiger partial charge in [-0.15, -0.1) is 11.8 Å². The van der Waals surface area contributed by atoms with E-state index in [1.165, 1.54) is 7.11 Å². The molecule has 1 rings (SSSR count). The number of carboxylic acids is 1. The molecule has 120 valence electrons. The number of aliphatic carboxylic acids is 1. The van der Waals surface area contributed by atoms with Gasteiger partial charge in [-0.05, 0) is 12.1 Å². The quantitative estimate of drug-likeness (QED) is 0.602. The maximum absolute atomic E-state index is 12.2. The SMILES string of the molecule is COC(=O)CC(SC[C@H](N)C(=O)O)C(=O)Nc1ccccc1. The van der Waals surface area contributed by atoms with Crippen molar-refractivity contribution in [3.8, 4) is 0 Å². The van der Waals surface area contributed by atoms with Crippen molar-refractivity contribution >= 4 is 35.3 Å². The number of anilines is 1. The van der Waals surface area contributed by atoms with Crippen molar-refractivity contribution < 1.29 is 24.2 Å². The fourth-order valence-corrected chi connectivity index (χ4v) is 2.54. The molecule has 0 aliphatic heterocycles. The first-order chi connectivity index (χ1) is 10.4. The van der Waals surface area contributed by atoms with Gasteiger partial charge in [0.25, 0.3) is 0 Å². The van der Waals surface area contributed by atoms with Gasteiger partial charge >= 0.3 is 11.9 Å². The number of para-hydroxylation sites is 1. The van der Waals surface area contributed by atoms with Gasteiger partial charge in [0.05, 0.1) is 18.8 Å². The van der Waals surface area contributed by atoms with Crippen LogP contribution in [0.2, 0.25) is 0 Å². The van der Waals surface area contributed by atoms with Crippen molar-refractivity contribution in [1.29, 1.82) is 0 Å². The summed E-state index contributed by atoms with van der Waals surface area (Å²) in [6.45, 7) is 0. The normalized spacial score (nSPS) is 13.0. The van der Waals surface area contributed by atoms with E-state index in [0.29, 0.717) is 5.69 Å². The van der Waals surface area contributed by atoms with Crippen LogP contribution in [0.3, 0.4) is 0 Å². The summed E-state index contributed by atoms with van der Waals surface area (Å²) in [6.07, 6.45) is -0.161. The molecule has 0 radical (unpaired) electrons. The molecule has 0 aromatic heterocycles. The van der Waals surface area contributed by atoms with Crippen molar-refractivity contribution in [3.63, 3.8) is 0 Å². The molecular formula is C14H18N2O5S. The number of hydrogen-bond acceptors (Lipinski definition) is 6. The van der Waals surface area contributed by atoms with E-state index in [2.05, 4.69) is 10.1 Å². The topological polar surface area (TPSA) is 119 Å². The van der Waals surface area contributed by atoms with Gasteiger partial charge in [0.15, 0.2) is 0 Å². The average molecular weight is 326 g/mol. The summed E-state index contributed by atoms with van der Waals surface area (Å²) in [5.41, 5.74) is 6.00. The van der Waals surface area contributed by atoms with E-state index in [0.717, 1.165) is 11.8 Å². The second kappa shape index (κ2) is 9.06. The third-order valence-corrected chi connectivity index (χ3v) is 4.04. The van der Waals surface area contributed by atoms with Gasteiger partial charge in [0.1, 0.15) is 6.04 Å². The Morgan fingerprint density at radius 2 is 1.95 bits per heavy atom. The van der Waals surface area contributed by atoms with Crippen LogP contribution in [-0.4, -0.2) is 47.1 Å². The molecule has 1 unspecified atom stereocenters. The Labute approximate surface area is 132 Å². The maximum atomic E-state index is 12.2. The lowest BCUT2D eigenvalue weighted by atomic mass is 10.2. The van der Waals surface area contributed by atoms with Crippen LogP contribution in [0.5, 0.6) is 0 Å². The Kier molecular flexibility index (Phi) is 7.41. The highest BCUT2D eigenvalue weighted by atomic mass is 32.2. The first-order valence-electron chi connectivity index (χ1n) is 6.46. The molecule has 1 amide bonds. The number of nitrogens with one attached hydrogen (secondary N) is 1. The van der Waals surface area contributed by atoms with Crippen LogP contribution >= 0.6 is 11.8 Å². The summed E-state index contributed by atoms with van der Waals surface area (Å²) in [5.74, 6) is -2.10. The lowest BCUT2D eigenvalue weighted by Gasteiger charge is -2.16. The fraction of sp³-hybridized carbons (Fsp3) is 0.357. The van der Waals surface area contributed by atoms with Gasteiger partial charge in [-0.2, -0.15) is 0 Å². The number of benzene rings is 1. The van der Waals surface area contributed by atoms with Crippen LogP contribution in [0.25, 0.3) is 0 Å². The molecule has 7 nitrogen and oxygen atoms in total. The molecule has 0 saturated carbocycles. The van der Waals surface area contributed by atoms with Crippen molar-refractivity contribution in [2.45, 2.75) is 17.7 Å².